The second-order valence-electron chi connectivity index (χ2n) is 9.08. The maximum absolute atomic E-state index is 13.4. The average Bonchev–Trinajstić information content (AvgIpc) is 3.19. The van der Waals surface area contributed by atoms with Crippen LogP contribution in [0.2, 0.25) is 0 Å². The van der Waals surface area contributed by atoms with E-state index in [1.54, 1.807) is 37.4 Å². The first-order chi connectivity index (χ1) is 17.8. The van der Waals surface area contributed by atoms with Crippen LogP contribution in [0.5, 0.6) is 11.5 Å². The zero-order valence-corrected chi connectivity index (χ0v) is 20.8. The van der Waals surface area contributed by atoms with Crippen molar-refractivity contribution in [1.82, 2.24) is 9.88 Å². The Morgan fingerprint density at radius 2 is 1.78 bits per heavy atom. The Hall–Kier alpha value is -4.46. The Labute approximate surface area is 213 Å². The third-order valence-electron chi connectivity index (χ3n) is 6.38. The number of nitrogens with zero attached hydrogens (tertiary/aromatic N) is 2. The molecule has 1 aliphatic heterocycles. The Morgan fingerprint density at radius 1 is 1.08 bits per heavy atom. The van der Waals surface area contributed by atoms with Crippen LogP contribution >= 0.6 is 0 Å². The molecule has 1 aliphatic rings. The van der Waals surface area contributed by atoms with E-state index >= 15 is 0 Å². The summed E-state index contributed by atoms with van der Waals surface area (Å²) in [6.07, 6.45) is 2.25. The quantitative estimate of drug-likeness (QED) is 0.383. The number of pyridine rings is 1. The number of carbonyl (C=O) groups excluding carboxylic acids is 2. The topological polar surface area (TPSA) is 80.8 Å². The smallest absolute Gasteiger partial charge is 0.258 e. The minimum atomic E-state index is -0.295. The van der Waals surface area contributed by atoms with Gasteiger partial charge in [0.2, 0.25) is 5.91 Å². The molecule has 37 heavy (non-hydrogen) atoms. The second-order valence-corrected chi connectivity index (χ2v) is 9.08. The highest BCUT2D eigenvalue weighted by Gasteiger charge is 2.34. The van der Waals surface area contributed by atoms with E-state index in [1.165, 1.54) is 19.1 Å². The first-order valence-corrected chi connectivity index (χ1v) is 11.8. The fraction of sp³-hybridized carbons (Fsp3) is 0.207. The minimum absolute atomic E-state index is 0.189. The summed E-state index contributed by atoms with van der Waals surface area (Å²) >= 11 is 0. The molecule has 0 radical (unpaired) electrons. The monoisotopic (exact) mass is 499 g/mol. The number of benzene rings is 3. The molecule has 0 bridgehead atoms. The molecule has 5 rings (SSSR count). The number of nitrogens with one attached hydrogen (secondary N) is 1. The lowest BCUT2D eigenvalue weighted by molar-refractivity contribution is -0.114. The third-order valence-corrected chi connectivity index (χ3v) is 6.38. The highest BCUT2D eigenvalue weighted by atomic mass is 19.1. The van der Waals surface area contributed by atoms with Gasteiger partial charge in [-0.2, -0.15) is 0 Å². The van der Waals surface area contributed by atoms with Crippen LogP contribution in [-0.2, 0) is 24.4 Å². The normalized spacial score (nSPS) is 12.5. The molecule has 0 saturated carbocycles. The van der Waals surface area contributed by atoms with Gasteiger partial charge in [0.1, 0.15) is 23.7 Å². The lowest BCUT2D eigenvalue weighted by Crippen LogP contribution is -2.18. The van der Waals surface area contributed by atoms with Crippen molar-refractivity contribution in [3.05, 3.63) is 94.4 Å². The fourth-order valence-corrected chi connectivity index (χ4v) is 4.58. The molecule has 2 heterocycles. The number of hydrogen-bond donors (Lipinski definition) is 1. The number of amides is 2. The van der Waals surface area contributed by atoms with E-state index in [-0.39, 0.29) is 24.2 Å². The molecule has 0 unspecified atom stereocenters. The molecule has 1 N–H and O–H groups in total. The van der Waals surface area contributed by atoms with E-state index in [9.17, 15) is 14.0 Å². The molecule has 8 heteroatoms. The van der Waals surface area contributed by atoms with Gasteiger partial charge in [-0.1, -0.05) is 24.3 Å². The standard InChI is InChI=1S/C29H26FN3O4/c1-17(34)32-26-23-13-20(12-18-4-8-21(30)9-5-18)14-31-27(23)28(25-24(26)15-33(2)29(25)35)37-16-19-6-10-22(36-3)11-7-19/h4-11,13-14H,12,15-16H2,1-3H3,(H,32,34). The molecule has 0 saturated heterocycles. The van der Waals surface area contributed by atoms with Crippen molar-refractivity contribution >= 4 is 28.4 Å². The molecule has 2 amide bonds. The Balaban J connectivity index is 1.62. The molecule has 188 valence electrons. The van der Waals surface area contributed by atoms with Crippen LogP contribution < -0.4 is 14.8 Å². The Kier molecular flexibility index (Phi) is 6.48. The molecule has 0 atom stereocenters. The van der Waals surface area contributed by atoms with E-state index in [4.69, 9.17) is 14.5 Å². The van der Waals surface area contributed by atoms with Gasteiger partial charge in [-0.05, 0) is 53.4 Å². The summed E-state index contributed by atoms with van der Waals surface area (Å²) in [5, 5.41) is 3.61. The number of rotatable bonds is 7. The first kappa shape index (κ1) is 24.2. The van der Waals surface area contributed by atoms with Gasteiger partial charge in [0, 0.05) is 37.7 Å². The zero-order chi connectivity index (χ0) is 26.1. The highest BCUT2D eigenvalue weighted by molar-refractivity contribution is 6.13. The maximum atomic E-state index is 13.4. The molecule has 0 aliphatic carbocycles. The van der Waals surface area contributed by atoms with Crippen molar-refractivity contribution < 1.29 is 23.5 Å². The van der Waals surface area contributed by atoms with E-state index in [0.29, 0.717) is 46.4 Å². The molecule has 3 aromatic carbocycles. The number of fused-ring (bicyclic) bond motifs is 2. The molecule has 0 fully saturated rings. The van der Waals surface area contributed by atoms with Crippen LogP contribution in [0.4, 0.5) is 10.1 Å². The van der Waals surface area contributed by atoms with E-state index in [0.717, 1.165) is 22.4 Å². The van der Waals surface area contributed by atoms with Gasteiger partial charge in [0.05, 0.1) is 18.4 Å². The number of anilines is 1. The summed E-state index contributed by atoms with van der Waals surface area (Å²) in [6.45, 7) is 1.99. The Bertz CT molecular complexity index is 1500. The van der Waals surface area contributed by atoms with Crippen LogP contribution in [0.3, 0.4) is 0 Å². The average molecular weight is 500 g/mol. The number of carbonyl (C=O) groups is 2. The van der Waals surface area contributed by atoms with Crippen molar-refractivity contribution in [1.29, 1.82) is 0 Å². The third kappa shape index (κ3) is 4.82. The van der Waals surface area contributed by atoms with Gasteiger partial charge < -0.3 is 19.7 Å². The number of ether oxygens (including phenoxy) is 2. The number of methoxy groups -OCH3 is 1. The second kappa shape index (κ2) is 9.89. The van der Waals surface area contributed by atoms with E-state index < -0.39 is 0 Å². The summed E-state index contributed by atoms with van der Waals surface area (Å²) in [5.41, 5.74) is 4.86. The number of halogens is 1. The molecule has 0 spiro atoms. The van der Waals surface area contributed by atoms with Crippen LogP contribution in [0.15, 0.2) is 60.8 Å². The van der Waals surface area contributed by atoms with Crippen LogP contribution in [0, 0.1) is 5.82 Å². The summed E-state index contributed by atoms with van der Waals surface area (Å²) in [5.74, 6) is 0.391. The maximum Gasteiger partial charge on any atom is 0.258 e. The molecular weight excluding hydrogens is 473 g/mol. The number of aromatic nitrogens is 1. The number of hydrogen-bond acceptors (Lipinski definition) is 5. The predicted octanol–water partition coefficient (Wildman–Crippen LogP) is 5.10. The molecule has 1 aromatic heterocycles. The van der Waals surface area contributed by atoms with Gasteiger partial charge >= 0.3 is 0 Å². The zero-order valence-electron chi connectivity index (χ0n) is 20.8. The molecule has 7 nitrogen and oxygen atoms in total. The van der Waals surface area contributed by atoms with Crippen molar-refractivity contribution in [2.45, 2.75) is 26.5 Å². The van der Waals surface area contributed by atoms with Crippen molar-refractivity contribution in [2.75, 3.05) is 19.5 Å². The van der Waals surface area contributed by atoms with Gasteiger partial charge in [0.15, 0.2) is 5.75 Å². The lowest BCUT2D eigenvalue weighted by Gasteiger charge is -2.18. The van der Waals surface area contributed by atoms with Crippen LogP contribution in [0.25, 0.3) is 10.9 Å². The van der Waals surface area contributed by atoms with Gasteiger partial charge in [0.25, 0.3) is 5.91 Å². The molecule has 4 aromatic rings. The van der Waals surface area contributed by atoms with Crippen molar-refractivity contribution in [2.24, 2.45) is 0 Å². The Morgan fingerprint density at radius 3 is 2.46 bits per heavy atom. The summed E-state index contributed by atoms with van der Waals surface area (Å²) in [4.78, 5) is 31.6. The highest BCUT2D eigenvalue weighted by Crippen LogP contribution is 2.43. The van der Waals surface area contributed by atoms with Crippen LogP contribution in [-0.4, -0.2) is 35.9 Å². The van der Waals surface area contributed by atoms with Crippen molar-refractivity contribution in [3.63, 3.8) is 0 Å². The largest absolute Gasteiger partial charge is 0.497 e. The SMILES string of the molecule is COc1ccc(COc2c3c(c(NC(C)=O)c4cc(Cc5ccc(F)cc5)cnc24)CN(C)C3=O)cc1. The molecular formula is C29H26FN3O4. The summed E-state index contributed by atoms with van der Waals surface area (Å²) < 4.78 is 24.9. The predicted molar refractivity (Wildman–Crippen MR) is 138 cm³/mol. The van der Waals surface area contributed by atoms with Crippen LogP contribution in [0.1, 0.15) is 39.5 Å². The van der Waals surface area contributed by atoms with E-state index in [2.05, 4.69) is 5.32 Å². The fourth-order valence-electron chi connectivity index (χ4n) is 4.58. The van der Waals surface area contributed by atoms with Gasteiger partial charge in [-0.3, -0.25) is 14.6 Å². The first-order valence-electron chi connectivity index (χ1n) is 11.8. The minimum Gasteiger partial charge on any atom is -0.497 e. The summed E-state index contributed by atoms with van der Waals surface area (Å²) in [6, 6.07) is 15.7. The van der Waals surface area contributed by atoms with Gasteiger partial charge in [-0.15, -0.1) is 0 Å². The lowest BCUT2D eigenvalue weighted by atomic mass is 9.98. The summed E-state index contributed by atoms with van der Waals surface area (Å²) in [7, 11) is 3.32. The van der Waals surface area contributed by atoms with E-state index in [1.807, 2.05) is 30.3 Å². The van der Waals surface area contributed by atoms with Gasteiger partial charge in [-0.25, -0.2) is 4.39 Å². The van der Waals surface area contributed by atoms with Crippen molar-refractivity contribution in [3.8, 4) is 11.5 Å².